The molecule has 1 amide bonds. The van der Waals surface area contributed by atoms with Crippen LogP contribution in [0.25, 0.3) is 0 Å². The number of hydrogen-bond donors (Lipinski definition) is 1. The van der Waals surface area contributed by atoms with Gasteiger partial charge in [-0.15, -0.1) is 0 Å². The standard InChI is InChI=1S/C15H11FN2O2/c1-10-13(16)7-11(9-17)8-14(10)18-15(19)20-12-5-3-2-4-6-12/h2-8H,1H3,(H,18,19). The van der Waals surface area contributed by atoms with Crippen LogP contribution in [0, 0.1) is 24.1 Å². The van der Waals surface area contributed by atoms with Crippen molar-refractivity contribution in [3.05, 3.63) is 59.4 Å². The van der Waals surface area contributed by atoms with Gasteiger partial charge in [0.2, 0.25) is 0 Å². The highest BCUT2D eigenvalue weighted by molar-refractivity contribution is 5.87. The topological polar surface area (TPSA) is 62.1 Å². The fraction of sp³-hybridized carbons (Fsp3) is 0.0667. The Hall–Kier alpha value is -2.87. The SMILES string of the molecule is Cc1c(F)cc(C#N)cc1NC(=O)Oc1ccccc1. The number of carbonyl (C=O) groups is 1. The predicted octanol–water partition coefficient (Wildman–Crippen LogP) is 3.62. The molecule has 5 heteroatoms. The summed E-state index contributed by atoms with van der Waals surface area (Å²) in [6.45, 7) is 1.51. The number of benzene rings is 2. The van der Waals surface area contributed by atoms with Crippen molar-refractivity contribution >= 4 is 11.8 Å². The van der Waals surface area contributed by atoms with Crippen molar-refractivity contribution in [2.45, 2.75) is 6.92 Å². The number of amides is 1. The number of para-hydroxylation sites is 1. The molecule has 0 atom stereocenters. The summed E-state index contributed by atoms with van der Waals surface area (Å²) in [4.78, 5) is 11.7. The summed E-state index contributed by atoms with van der Waals surface area (Å²) in [5.41, 5.74) is 0.583. The lowest BCUT2D eigenvalue weighted by molar-refractivity contribution is 0.215. The van der Waals surface area contributed by atoms with E-state index >= 15 is 0 Å². The van der Waals surface area contributed by atoms with Crippen molar-refractivity contribution in [3.63, 3.8) is 0 Å². The minimum absolute atomic E-state index is 0.128. The molecule has 0 spiro atoms. The lowest BCUT2D eigenvalue weighted by Crippen LogP contribution is -2.17. The Morgan fingerprint density at radius 3 is 2.65 bits per heavy atom. The number of anilines is 1. The fourth-order valence-electron chi connectivity index (χ4n) is 1.60. The number of nitriles is 1. The lowest BCUT2D eigenvalue weighted by Gasteiger charge is -2.10. The molecule has 0 bridgehead atoms. The number of ether oxygens (including phenoxy) is 1. The number of carbonyl (C=O) groups excluding carboxylic acids is 1. The Bertz CT molecular complexity index is 678. The van der Waals surface area contributed by atoms with Crippen LogP contribution in [0.4, 0.5) is 14.9 Å². The molecule has 1 N–H and O–H groups in total. The summed E-state index contributed by atoms with van der Waals surface area (Å²) in [6, 6.07) is 12.8. The minimum Gasteiger partial charge on any atom is -0.410 e. The number of rotatable bonds is 2. The van der Waals surface area contributed by atoms with Gasteiger partial charge in [-0.1, -0.05) is 18.2 Å². The highest BCUT2D eigenvalue weighted by Crippen LogP contribution is 2.21. The molecule has 2 aromatic carbocycles. The van der Waals surface area contributed by atoms with Crippen molar-refractivity contribution in [3.8, 4) is 11.8 Å². The molecule has 2 aromatic rings. The van der Waals surface area contributed by atoms with Gasteiger partial charge < -0.3 is 4.74 Å². The molecule has 100 valence electrons. The van der Waals surface area contributed by atoms with E-state index in [0.717, 1.165) is 6.07 Å². The van der Waals surface area contributed by atoms with Crippen molar-refractivity contribution in [1.82, 2.24) is 0 Å². The highest BCUT2D eigenvalue weighted by Gasteiger charge is 2.11. The maximum atomic E-state index is 13.6. The first-order chi connectivity index (χ1) is 9.60. The van der Waals surface area contributed by atoms with Crippen LogP contribution in [-0.4, -0.2) is 6.09 Å². The van der Waals surface area contributed by atoms with Crippen LogP contribution in [0.1, 0.15) is 11.1 Å². The van der Waals surface area contributed by atoms with E-state index < -0.39 is 11.9 Å². The third-order valence-corrected chi connectivity index (χ3v) is 2.66. The maximum absolute atomic E-state index is 13.6. The Morgan fingerprint density at radius 1 is 1.30 bits per heavy atom. The zero-order valence-electron chi connectivity index (χ0n) is 10.7. The molecule has 2 rings (SSSR count). The first-order valence-corrected chi connectivity index (χ1v) is 5.84. The molecule has 0 saturated heterocycles. The smallest absolute Gasteiger partial charge is 0.410 e. The van der Waals surface area contributed by atoms with Gasteiger partial charge in [0, 0.05) is 5.56 Å². The van der Waals surface area contributed by atoms with Gasteiger partial charge in [0.1, 0.15) is 11.6 Å². The van der Waals surface area contributed by atoms with E-state index in [0.29, 0.717) is 5.75 Å². The van der Waals surface area contributed by atoms with Gasteiger partial charge in [-0.25, -0.2) is 9.18 Å². The third-order valence-electron chi connectivity index (χ3n) is 2.66. The van der Waals surface area contributed by atoms with E-state index in [1.54, 1.807) is 30.3 Å². The van der Waals surface area contributed by atoms with Gasteiger partial charge >= 0.3 is 6.09 Å². The van der Waals surface area contributed by atoms with Gasteiger partial charge in [-0.2, -0.15) is 5.26 Å². The Kier molecular flexibility index (Phi) is 3.96. The number of halogens is 1. The monoisotopic (exact) mass is 270 g/mol. The van der Waals surface area contributed by atoms with E-state index in [-0.39, 0.29) is 16.8 Å². The maximum Gasteiger partial charge on any atom is 0.417 e. The molecule has 20 heavy (non-hydrogen) atoms. The molecule has 0 saturated carbocycles. The highest BCUT2D eigenvalue weighted by atomic mass is 19.1. The fourth-order valence-corrected chi connectivity index (χ4v) is 1.60. The van der Waals surface area contributed by atoms with Crippen LogP contribution in [0.15, 0.2) is 42.5 Å². The zero-order valence-corrected chi connectivity index (χ0v) is 10.7. The lowest BCUT2D eigenvalue weighted by atomic mass is 10.1. The molecule has 0 aliphatic rings. The number of hydrogen-bond acceptors (Lipinski definition) is 3. The second kappa shape index (κ2) is 5.85. The normalized spacial score (nSPS) is 9.65. The van der Waals surface area contributed by atoms with Crippen LogP contribution in [0.3, 0.4) is 0 Å². The quantitative estimate of drug-likeness (QED) is 0.906. The van der Waals surface area contributed by atoms with E-state index in [4.69, 9.17) is 10.00 Å². The van der Waals surface area contributed by atoms with Crippen molar-refractivity contribution in [1.29, 1.82) is 5.26 Å². The molecule has 0 aromatic heterocycles. The second-order valence-corrected chi connectivity index (χ2v) is 4.07. The Morgan fingerprint density at radius 2 is 2.00 bits per heavy atom. The Balaban J connectivity index is 2.16. The number of nitrogens with zero attached hydrogens (tertiary/aromatic N) is 1. The van der Waals surface area contributed by atoms with Gasteiger partial charge in [0.25, 0.3) is 0 Å². The Labute approximate surface area is 115 Å². The summed E-state index contributed by atoms with van der Waals surface area (Å²) in [5.74, 6) is -0.182. The molecular formula is C15H11FN2O2. The van der Waals surface area contributed by atoms with E-state index in [9.17, 15) is 9.18 Å². The summed E-state index contributed by atoms with van der Waals surface area (Å²) in [5, 5.41) is 11.2. The molecule has 0 fully saturated rings. The molecule has 0 aliphatic carbocycles. The van der Waals surface area contributed by atoms with Gasteiger partial charge in [-0.3, -0.25) is 5.32 Å². The van der Waals surface area contributed by atoms with E-state index in [1.807, 2.05) is 6.07 Å². The first-order valence-electron chi connectivity index (χ1n) is 5.84. The summed E-state index contributed by atoms with van der Waals surface area (Å²) in [7, 11) is 0. The zero-order chi connectivity index (χ0) is 14.5. The molecule has 0 aliphatic heterocycles. The van der Waals surface area contributed by atoms with Crippen LogP contribution in [0.5, 0.6) is 5.75 Å². The molecule has 4 nitrogen and oxygen atoms in total. The van der Waals surface area contributed by atoms with Crippen LogP contribution < -0.4 is 10.1 Å². The average molecular weight is 270 g/mol. The molecule has 0 heterocycles. The van der Waals surface area contributed by atoms with Gasteiger partial charge in [-0.05, 0) is 31.2 Å². The van der Waals surface area contributed by atoms with E-state index in [2.05, 4.69) is 5.32 Å². The average Bonchev–Trinajstić information content (AvgIpc) is 2.44. The first kappa shape index (κ1) is 13.6. The summed E-state index contributed by atoms with van der Waals surface area (Å²) in [6.07, 6.45) is -0.742. The van der Waals surface area contributed by atoms with Crippen molar-refractivity contribution in [2.24, 2.45) is 0 Å². The van der Waals surface area contributed by atoms with Gasteiger partial charge in [0.05, 0.1) is 17.3 Å². The van der Waals surface area contributed by atoms with Crippen LogP contribution >= 0.6 is 0 Å². The number of nitrogens with one attached hydrogen (secondary N) is 1. The van der Waals surface area contributed by atoms with Crippen molar-refractivity contribution in [2.75, 3.05) is 5.32 Å². The third kappa shape index (κ3) is 3.12. The van der Waals surface area contributed by atoms with Crippen molar-refractivity contribution < 1.29 is 13.9 Å². The largest absolute Gasteiger partial charge is 0.417 e. The minimum atomic E-state index is -0.742. The summed E-state index contributed by atoms with van der Waals surface area (Å²) >= 11 is 0. The molecule has 0 radical (unpaired) electrons. The molecular weight excluding hydrogens is 259 g/mol. The van der Waals surface area contributed by atoms with E-state index in [1.165, 1.54) is 13.0 Å². The predicted molar refractivity (Wildman–Crippen MR) is 71.9 cm³/mol. The van der Waals surface area contributed by atoms with Crippen LogP contribution in [0.2, 0.25) is 0 Å². The van der Waals surface area contributed by atoms with Gasteiger partial charge in [0.15, 0.2) is 0 Å². The second-order valence-electron chi connectivity index (χ2n) is 4.07. The van der Waals surface area contributed by atoms with Crippen LogP contribution in [-0.2, 0) is 0 Å². The molecule has 0 unspecified atom stereocenters. The summed E-state index contributed by atoms with van der Waals surface area (Å²) < 4.78 is 18.6.